The molecule has 1 saturated heterocycles. The van der Waals surface area contributed by atoms with Gasteiger partial charge in [-0.1, -0.05) is 17.7 Å². The molecule has 7 nitrogen and oxygen atoms in total. The van der Waals surface area contributed by atoms with E-state index in [1.165, 1.54) is 10.2 Å². The van der Waals surface area contributed by atoms with E-state index in [1.54, 1.807) is 36.4 Å². The normalized spacial score (nSPS) is 15.4. The maximum absolute atomic E-state index is 13.2. The van der Waals surface area contributed by atoms with E-state index in [4.69, 9.17) is 9.47 Å². The lowest BCUT2D eigenvalue weighted by molar-refractivity contribution is -0.127. The van der Waals surface area contributed by atoms with Gasteiger partial charge < -0.3 is 9.47 Å². The molecule has 9 heteroatoms. The van der Waals surface area contributed by atoms with Crippen molar-refractivity contribution in [2.24, 2.45) is 5.92 Å². The molecular formula is C21H21IN2O5S. The van der Waals surface area contributed by atoms with Crippen molar-refractivity contribution in [1.29, 1.82) is 0 Å². The van der Waals surface area contributed by atoms with E-state index in [-0.39, 0.29) is 28.9 Å². The minimum atomic E-state index is -3.82. The van der Waals surface area contributed by atoms with Gasteiger partial charge in [-0.3, -0.25) is 4.79 Å². The molecule has 158 valence electrons. The van der Waals surface area contributed by atoms with Gasteiger partial charge in [-0.15, -0.1) is 0 Å². The first-order valence-electron chi connectivity index (χ1n) is 9.59. The molecule has 0 N–H and O–H groups in total. The Balaban J connectivity index is 1.65. The molecule has 0 amide bonds. The number of carbonyl (C=O) groups is 1. The summed E-state index contributed by atoms with van der Waals surface area (Å²) >= 11 is 1.97. The van der Waals surface area contributed by atoms with E-state index in [1.807, 2.05) is 29.5 Å². The largest absolute Gasteiger partial charge is 0.485 e. The van der Waals surface area contributed by atoms with Crippen molar-refractivity contribution in [3.63, 3.8) is 0 Å². The monoisotopic (exact) mass is 540 g/mol. The number of pyridine rings is 1. The van der Waals surface area contributed by atoms with Crippen molar-refractivity contribution in [2.45, 2.75) is 24.7 Å². The van der Waals surface area contributed by atoms with Gasteiger partial charge in [-0.2, -0.15) is 0 Å². The van der Waals surface area contributed by atoms with Crippen molar-refractivity contribution in [1.82, 2.24) is 8.96 Å². The Bertz CT molecular complexity index is 1180. The molecule has 0 bridgehead atoms. The molecule has 1 aliphatic rings. The van der Waals surface area contributed by atoms with Crippen LogP contribution in [0.5, 0.6) is 5.75 Å². The van der Waals surface area contributed by atoms with Crippen LogP contribution in [0, 0.1) is 16.5 Å². The van der Waals surface area contributed by atoms with Gasteiger partial charge in [0.25, 0.3) is 10.0 Å². The van der Waals surface area contributed by atoms with E-state index < -0.39 is 10.0 Å². The highest BCUT2D eigenvalue weighted by molar-refractivity contribution is 14.1. The van der Waals surface area contributed by atoms with E-state index >= 15 is 0 Å². The zero-order chi connectivity index (χ0) is 21.3. The quantitative estimate of drug-likeness (QED) is 0.445. The third-order valence-corrected chi connectivity index (χ3v) is 8.02. The second-order valence-corrected chi connectivity index (χ2v) is 10.1. The average molecular weight is 540 g/mol. The Hall–Kier alpha value is -1.98. The number of fused-ring (bicyclic) bond motifs is 1. The highest BCUT2D eigenvalue weighted by Crippen LogP contribution is 2.31. The molecule has 3 aromatic rings. The second kappa shape index (κ2) is 8.64. The third-order valence-electron chi connectivity index (χ3n) is 5.18. The first kappa shape index (κ1) is 21.3. The van der Waals surface area contributed by atoms with Crippen LogP contribution in [0.15, 0.2) is 47.5 Å². The van der Waals surface area contributed by atoms with Crippen molar-refractivity contribution < 1.29 is 22.7 Å². The Labute approximate surface area is 188 Å². The summed E-state index contributed by atoms with van der Waals surface area (Å²) in [6.45, 7) is 3.02. The van der Waals surface area contributed by atoms with Gasteiger partial charge in [0.1, 0.15) is 12.4 Å². The van der Waals surface area contributed by atoms with Gasteiger partial charge >= 0.3 is 0 Å². The summed E-state index contributed by atoms with van der Waals surface area (Å²) in [6, 6.07) is 10.0. The van der Waals surface area contributed by atoms with E-state index in [0.29, 0.717) is 40.9 Å². The van der Waals surface area contributed by atoms with Gasteiger partial charge in [-0.25, -0.2) is 17.4 Å². The Morgan fingerprint density at radius 3 is 2.63 bits per heavy atom. The molecule has 4 rings (SSSR count). The number of hydrogen-bond donors (Lipinski definition) is 0. The van der Waals surface area contributed by atoms with Gasteiger partial charge in [0, 0.05) is 25.3 Å². The van der Waals surface area contributed by atoms with Crippen LogP contribution >= 0.6 is 22.6 Å². The Morgan fingerprint density at radius 2 is 1.93 bits per heavy atom. The number of ketones is 1. The fourth-order valence-corrected chi connectivity index (χ4v) is 6.14. The molecule has 0 atom stereocenters. The Kier molecular flexibility index (Phi) is 6.12. The lowest BCUT2D eigenvalue weighted by Crippen LogP contribution is -2.27. The zero-order valence-corrected chi connectivity index (χ0v) is 19.4. The zero-order valence-electron chi connectivity index (χ0n) is 16.4. The molecule has 0 saturated carbocycles. The fourth-order valence-electron chi connectivity index (χ4n) is 3.48. The lowest BCUT2D eigenvalue weighted by Gasteiger charge is -2.20. The number of aromatic nitrogens is 2. The fraction of sp³-hybridized carbons (Fsp3) is 0.333. The minimum absolute atomic E-state index is 0.0321. The molecule has 2 aromatic heterocycles. The number of aryl methyl sites for hydroxylation is 1. The van der Waals surface area contributed by atoms with E-state index in [0.717, 1.165) is 5.56 Å². The van der Waals surface area contributed by atoms with Crippen LogP contribution in [-0.4, -0.2) is 43.0 Å². The number of benzene rings is 1. The number of carbonyl (C=O) groups excluding carboxylic acids is 1. The number of rotatable bonds is 6. The van der Waals surface area contributed by atoms with Crippen LogP contribution in [0.2, 0.25) is 0 Å². The summed E-state index contributed by atoms with van der Waals surface area (Å²) in [6.07, 6.45) is 2.90. The second-order valence-electron chi connectivity index (χ2n) is 7.24. The summed E-state index contributed by atoms with van der Waals surface area (Å²) in [5.41, 5.74) is 1.25. The van der Waals surface area contributed by atoms with Gasteiger partial charge in [0.05, 0.1) is 14.0 Å². The first-order chi connectivity index (χ1) is 14.4. The molecule has 0 unspecified atom stereocenters. The average Bonchev–Trinajstić information content (AvgIpc) is 3.10. The molecular weight excluding hydrogens is 519 g/mol. The molecule has 3 heterocycles. The maximum atomic E-state index is 13.2. The van der Waals surface area contributed by atoms with Crippen LogP contribution in [0.4, 0.5) is 0 Å². The van der Waals surface area contributed by atoms with Crippen molar-refractivity contribution in [3.05, 3.63) is 51.9 Å². The lowest BCUT2D eigenvalue weighted by atomic mass is 9.96. The van der Waals surface area contributed by atoms with E-state index in [9.17, 15) is 13.2 Å². The van der Waals surface area contributed by atoms with Gasteiger partial charge in [0.2, 0.25) is 0 Å². The van der Waals surface area contributed by atoms with Gasteiger partial charge in [0.15, 0.2) is 11.4 Å². The summed E-state index contributed by atoms with van der Waals surface area (Å²) in [5, 5.41) is 0.553. The van der Waals surface area contributed by atoms with Crippen molar-refractivity contribution in [3.8, 4) is 5.75 Å². The topological polar surface area (TPSA) is 87.5 Å². The predicted octanol–water partition coefficient (Wildman–Crippen LogP) is 3.56. The number of hydrogen-bond acceptors (Lipinski definition) is 6. The van der Waals surface area contributed by atoms with Gasteiger partial charge in [-0.05, 0) is 66.6 Å². The molecule has 0 spiro atoms. The van der Waals surface area contributed by atoms with Crippen LogP contribution in [0.1, 0.15) is 18.4 Å². The van der Waals surface area contributed by atoms with Crippen LogP contribution < -0.4 is 4.74 Å². The molecule has 1 fully saturated rings. The smallest absolute Gasteiger partial charge is 0.270 e. The highest BCUT2D eigenvalue weighted by Gasteiger charge is 2.25. The van der Waals surface area contributed by atoms with Crippen LogP contribution in [0.3, 0.4) is 0 Å². The van der Waals surface area contributed by atoms with E-state index in [2.05, 4.69) is 4.98 Å². The van der Waals surface area contributed by atoms with Crippen LogP contribution in [-0.2, 0) is 19.6 Å². The third kappa shape index (κ3) is 4.10. The molecule has 30 heavy (non-hydrogen) atoms. The molecule has 1 aliphatic heterocycles. The van der Waals surface area contributed by atoms with Crippen LogP contribution in [0.25, 0.3) is 11.0 Å². The minimum Gasteiger partial charge on any atom is -0.485 e. The number of halogens is 1. The standard InChI is InChI=1S/C21H21IN2O5S/c1-14-2-4-16(5-3-14)30(26,27)24-20(22)12-17-19(6-9-23-21(17)24)29-13-18(25)15-7-10-28-11-8-15/h2-6,9,12,15H,7-8,10-11,13H2,1H3. The van der Waals surface area contributed by atoms with Crippen molar-refractivity contribution in [2.75, 3.05) is 19.8 Å². The number of Topliss-reactive ketones (excluding diaryl/α,β-unsaturated/α-hetero) is 1. The summed E-state index contributed by atoms with van der Waals surface area (Å²) < 4.78 is 39.3. The molecule has 1 aromatic carbocycles. The first-order valence-corrected chi connectivity index (χ1v) is 12.1. The summed E-state index contributed by atoms with van der Waals surface area (Å²) in [5.74, 6) is 0.420. The molecule has 0 radical (unpaired) electrons. The maximum Gasteiger partial charge on any atom is 0.270 e. The summed E-state index contributed by atoms with van der Waals surface area (Å²) in [4.78, 5) is 16.9. The highest BCUT2D eigenvalue weighted by atomic mass is 127. The summed E-state index contributed by atoms with van der Waals surface area (Å²) in [7, 11) is -3.82. The molecule has 0 aliphatic carbocycles. The number of nitrogens with zero attached hydrogens (tertiary/aromatic N) is 2. The Morgan fingerprint density at radius 1 is 1.23 bits per heavy atom. The number of ether oxygens (including phenoxy) is 2. The van der Waals surface area contributed by atoms with Crippen molar-refractivity contribution >= 4 is 49.4 Å². The SMILES string of the molecule is Cc1ccc(S(=O)(=O)n2c(I)cc3c(OCC(=O)C4CCOCC4)ccnc32)cc1. The predicted molar refractivity (Wildman–Crippen MR) is 120 cm³/mol.